The standard InChI is InChI=1S/C21H20N2O5S/c1-3-10-22(12-15-7-6-11-29-15)18(24)13-28-21(27)14(2)23-19(25)16-8-4-5-9-17(16)20(23)26/h3-9,11,14H,1,10,12-13H2,2H3/t14-/m0/s1. The van der Waals surface area contributed by atoms with E-state index in [4.69, 9.17) is 4.74 Å². The SMILES string of the molecule is C=CCN(Cc1cccs1)C(=O)COC(=O)[C@H](C)N1C(=O)c2ccccc2C1=O. The van der Waals surface area contributed by atoms with Gasteiger partial charge in [-0.3, -0.25) is 19.3 Å². The normalized spacial score (nSPS) is 13.8. The number of fused-ring (bicyclic) bond motifs is 1. The number of amides is 3. The summed E-state index contributed by atoms with van der Waals surface area (Å²) in [6.45, 7) is 5.26. The summed E-state index contributed by atoms with van der Waals surface area (Å²) in [5.41, 5.74) is 0.502. The average molecular weight is 412 g/mol. The second-order valence-electron chi connectivity index (χ2n) is 6.45. The predicted octanol–water partition coefficient (Wildman–Crippen LogP) is 2.49. The van der Waals surface area contributed by atoms with Crippen LogP contribution >= 0.6 is 11.3 Å². The molecule has 0 radical (unpaired) electrons. The molecule has 3 amide bonds. The number of imide groups is 1. The smallest absolute Gasteiger partial charge is 0.329 e. The summed E-state index contributed by atoms with van der Waals surface area (Å²) >= 11 is 1.52. The van der Waals surface area contributed by atoms with Gasteiger partial charge in [0.1, 0.15) is 6.04 Å². The summed E-state index contributed by atoms with van der Waals surface area (Å²) in [5.74, 6) is -2.30. The van der Waals surface area contributed by atoms with Gasteiger partial charge in [-0.15, -0.1) is 17.9 Å². The third-order valence-electron chi connectivity index (χ3n) is 4.52. The highest BCUT2D eigenvalue weighted by molar-refractivity contribution is 7.09. The lowest BCUT2D eigenvalue weighted by molar-refractivity contribution is -0.154. The molecule has 0 saturated heterocycles. The van der Waals surface area contributed by atoms with E-state index in [1.54, 1.807) is 18.2 Å². The van der Waals surface area contributed by atoms with Crippen molar-refractivity contribution in [3.05, 3.63) is 70.4 Å². The zero-order chi connectivity index (χ0) is 21.0. The fourth-order valence-corrected chi connectivity index (χ4v) is 3.73. The quantitative estimate of drug-likeness (QED) is 0.378. The molecule has 2 heterocycles. The molecule has 2 aromatic rings. The molecule has 0 unspecified atom stereocenters. The van der Waals surface area contributed by atoms with Crippen LogP contribution in [-0.4, -0.2) is 52.7 Å². The van der Waals surface area contributed by atoms with Crippen LogP contribution < -0.4 is 0 Å². The van der Waals surface area contributed by atoms with Crippen LogP contribution in [0.5, 0.6) is 0 Å². The molecule has 0 spiro atoms. The average Bonchev–Trinajstić information content (AvgIpc) is 3.32. The van der Waals surface area contributed by atoms with Crippen LogP contribution in [0, 0.1) is 0 Å². The first-order valence-corrected chi connectivity index (χ1v) is 9.86. The lowest BCUT2D eigenvalue weighted by Gasteiger charge is -2.23. The van der Waals surface area contributed by atoms with E-state index in [2.05, 4.69) is 6.58 Å². The summed E-state index contributed by atoms with van der Waals surface area (Å²) in [4.78, 5) is 53.2. The minimum absolute atomic E-state index is 0.251. The van der Waals surface area contributed by atoms with Crippen molar-refractivity contribution in [3.63, 3.8) is 0 Å². The van der Waals surface area contributed by atoms with Crippen LogP contribution in [0.3, 0.4) is 0 Å². The van der Waals surface area contributed by atoms with Crippen molar-refractivity contribution in [2.24, 2.45) is 0 Å². The Kier molecular flexibility index (Phi) is 6.23. The maximum Gasteiger partial charge on any atom is 0.329 e. The van der Waals surface area contributed by atoms with Gasteiger partial charge in [0.2, 0.25) is 0 Å². The molecule has 0 N–H and O–H groups in total. The van der Waals surface area contributed by atoms with E-state index in [0.29, 0.717) is 13.1 Å². The number of ether oxygens (including phenoxy) is 1. The molecule has 150 valence electrons. The molecule has 0 bridgehead atoms. The first-order valence-electron chi connectivity index (χ1n) is 8.98. The minimum Gasteiger partial charge on any atom is -0.454 e. The maximum atomic E-state index is 12.5. The molecule has 1 aromatic carbocycles. The Labute approximate surface area is 172 Å². The Morgan fingerprint density at radius 1 is 1.17 bits per heavy atom. The van der Waals surface area contributed by atoms with E-state index in [-0.39, 0.29) is 17.0 Å². The van der Waals surface area contributed by atoms with E-state index in [1.807, 2.05) is 17.5 Å². The Balaban J connectivity index is 1.61. The van der Waals surface area contributed by atoms with Crippen molar-refractivity contribution in [2.75, 3.05) is 13.2 Å². The van der Waals surface area contributed by atoms with Crippen LogP contribution in [0.15, 0.2) is 54.4 Å². The highest BCUT2D eigenvalue weighted by Gasteiger charge is 2.41. The fourth-order valence-electron chi connectivity index (χ4n) is 3.01. The lowest BCUT2D eigenvalue weighted by Crippen LogP contribution is -2.44. The van der Waals surface area contributed by atoms with Crippen LogP contribution in [0.25, 0.3) is 0 Å². The number of carbonyl (C=O) groups is 4. The van der Waals surface area contributed by atoms with Crippen molar-refractivity contribution < 1.29 is 23.9 Å². The first-order chi connectivity index (χ1) is 13.9. The molecule has 0 aliphatic carbocycles. The molecule has 29 heavy (non-hydrogen) atoms. The predicted molar refractivity (Wildman–Crippen MR) is 107 cm³/mol. The molecular weight excluding hydrogens is 392 g/mol. The van der Waals surface area contributed by atoms with Crippen molar-refractivity contribution in [3.8, 4) is 0 Å². The number of hydrogen-bond acceptors (Lipinski definition) is 6. The molecule has 1 aliphatic rings. The van der Waals surface area contributed by atoms with E-state index < -0.39 is 30.4 Å². The molecular formula is C21H20N2O5S. The molecule has 0 fully saturated rings. The first kappa shape index (κ1) is 20.5. The monoisotopic (exact) mass is 412 g/mol. The van der Waals surface area contributed by atoms with Gasteiger partial charge in [-0.25, -0.2) is 4.79 Å². The van der Waals surface area contributed by atoms with Gasteiger partial charge in [0.15, 0.2) is 6.61 Å². The number of thiophene rings is 1. The molecule has 8 heteroatoms. The maximum absolute atomic E-state index is 12.5. The third kappa shape index (κ3) is 4.27. The summed E-state index contributed by atoms with van der Waals surface area (Å²) in [6.07, 6.45) is 1.59. The Bertz CT molecular complexity index is 919. The van der Waals surface area contributed by atoms with Gasteiger partial charge < -0.3 is 9.64 Å². The zero-order valence-electron chi connectivity index (χ0n) is 15.9. The Morgan fingerprint density at radius 2 is 1.83 bits per heavy atom. The van der Waals surface area contributed by atoms with E-state index in [1.165, 1.54) is 35.3 Å². The van der Waals surface area contributed by atoms with Gasteiger partial charge >= 0.3 is 5.97 Å². The zero-order valence-corrected chi connectivity index (χ0v) is 16.7. The summed E-state index contributed by atoms with van der Waals surface area (Å²) in [6, 6.07) is 9.03. The molecule has 1 aliphatic heterocycles. The molecule has 1 aromatic heterocycles. The van der Waals surface area contributed by atoms with Gasteiger partial charge in [0, 0.05) is 11.4 Å². The highest BCUT2D eigenvalue weighted by atomic mass is 32.1. The van der Waals surface area contributed by atoms with Gasteiger partial charge in [-0.05, 0) is 30.5 Å². The number of nitrogens with zero attached hydrogens (tertiary/aromatic N) is 2. The third-order valence-corrected chi connectivity index (χ3v) is 5.38. The lowest BCUT2D eigenvalue weighted by atomic mass is 10.1. The van der Waals surface area contributed by atoms with Crippen molar-refractivity contribution in [1.29, 1.82) is 0 Å². The topological polar surface area (TPSA) is 84.0 Å². The molecule has 1 atom stereocenters. The summed E-state index contributed by atoms with van der Waals surface area (Å²) < 4.78 is 5.11. The van der Waals surface area contributed by atoms with E-state index in [9.17, 15) is 19.2 Å². The van der Waals surface area contributed by atoms with Crippen LogP contribution in [0.2, 0.25) is 0 Å². The van der Waals surface area contributed by atoms with Crippen LogP contribution in [-0.2, 0) is 20.9 Å². The van der Waals surface area contributed by atoms with Gasteiger partial charge in [-0.2, -0.15) is 0 Å². The summed E-state index contributed by atoms with van der Waals surface area (Å²) in [7, 11) is 0. The molecule has 3 rings (SSSR count). The van der Waals surface area contributed by atoms with Gasteiger partial charge in [0.25, 0.3) is 17.7 Å². The second-order valence-corrected chi connectivity index (χ2v) is 7.48. The highest BCUT2D eigenvalue weighted by Crippen LogP contribution is 2.24. The molecule has 7 nitrogen and oxygen atoms in total. The number of hydrogen-bond donors (Lipinski definition) is 0. The minimum atomic E-state index is -1.14. The van der Waals surface area contributed by atoms with E-state index in [0.717, 1.165) is 9.78 Å². The largest absolute Gasteiger partial charge is 0.454 e. The van der Waals surface area contributed by atoms with Crippen molar-refractivity contribution in [2.45, 2.75) is 19.5 Å². The fraction of sp³-hybridized carbons (Fsp3) is 0.238. The molecule has 0 saturated carbocycles. The Morgan fingerprint density at radius 3 is 2.38 bits per heavy atom. The number of rotatable bonds is 8. The van der Waals surface area contributed by atoms with Gasteiger partial charge in [-0.1, -0.05) is 24.3 Å². The Hall–Kier alpha value is -3.26. The second kappa shape index (κ2) is 8.83. The number of carbonyl (C=O) groups excluding carboxylic acids is 4. The van der Waals surface area contributed by atoms with E-state index >= 15 is 0 Å². The van der Waals surface area contributed by atoms with Crippen LogP contribution in [0.4, 0.5) is 0 Å². The van der Waals surface area contributed by atoms with Crippen molar-refractivity contribution in [1.82, 2.24) is 9.80 Å². The van der Waals surface area contributed by atoms with Crippen molar-refractivity contribution >= 4 is 35.0 Å². The number of esters is 1. The van der Waals surface area contributed by atoms with Crippen LogP contribution in [0.1, 0.15) is 32.5 Å². The summed E-state index contributed by atoms with van der Waals surface area (Å²) in [5, 5.41) is 1.91. The number of benzene rings is 1. The van der Waals surface area contributed by atoms with Gasteiger partial charge in [0.05, 0.1) is 17.7 Å².